The third kappa shape index (κ3) is 2.02. The zero-order valence-corrected chi connectivity index (χ0v) is 9.95. The zero-order chi connectivity index (χ0) is 11.1. The van der Waals surface area contributed by atoms with E-state index in [0.29, 0.717) is 24.5 Å². The minimum atomic E-state index is 0.235. The highest BCUT2D eigenvalue weighted by Crippen LogP contribution is 2.32. The van der Waals surface area contributed by atoms with Crippen molar-refractivity contribution in [1.82, 2.24) is 10.2 Å². The van der Waals surface area contributed by atoms with E-state index in [9.17, 15) is 0 Å². The molecule has 3 fully saturated rings. The number of piperidine rings is 2. The molecule has 1 N–H and O–H groups in total. The molecular formula is C12H21N3. The van der Waals surface area contributed by atoms with Gasteiger partial charge in [-0.25, -0.2) is 0 Å². The first kappa shape index (κ1) is 10.9. The molecule has 0 aromatic carbocycles. The number of nitrogens with zero attached hydrogens (tertiary/aromatic N) is 2. The summed E-state index contributed by atoms with van der Waals surface area (Å²) in [5.41, 5.74) is 0.235. The highest BCUT2D eigenvalue weighted by atomic mass is 15.3. The van der Waals surface area contributed by atoms with Crippen molar-refractivity contribution in [2.24, 2.45) is 0 Å². The molecule has 3 heteroatoms. The van der Waals surface area contributed by atoms with Crippen LogP contribution in [0.2, 0.25) is 0 Å². The smallest absolute Gasteiger partial charge is 0.0638 e. The first-order valence-corrected chi connectivity index (χ1v) is 5.92. The van der Waals surface area contributed by atoms with Crippen molar-refractivity contribution >= 4 is 0 Å². The van der Waals surface area contributed by atoms with Crippen LogP contribution in [0.5, 0.6) is 0 Å². The maximum Gasteiger partial charge on any atom is 0.0638 e. The minimum absolute atomic E-state index is 0.235. The molecule has 3 aliphatic heterocycles. The van der Waals surface area contributed by atoms with Crippen LogP contribution in [0, 0.1) is 11.3 Å². The molecule has 0 spiro atoms. The van der Waals surface area contributed by atoms with Crippen LogP contribution in [-0.2, 0) is 0 Å². The second-order valence-electron chi connectivity index (χ2n) is 5.80. The molecule has 0 saturated carbocycles. The largest absolute Gasteiger partial charge is 0.307 e. The molecule has 3 aliphatic rings. The fraction of sp³-hybridized carbons (Fsp3) is 0.917. The molecule has 0 unspecified atom stereocenters. The molecule has 3 nitrogen and oxygen atoms in total. The maximum atomic E-state index is 8.83. The Hall–Kier alpha value is -0.590. The highest BCUT2D eigenvalue weighted by molar-refractivity contribution is 5.05. The van der Waals surface area contributed by atoms with E-state index < -0.39 is 0 Å². The predicted octanol–water partition coefficient (Wildman–Crippen LogP) is 1.50. The van der Waals surface area contributed by atoms with E-state index in [1.54, 1.807) is 0 Å². The van der Waals surface area contributed by atoms with Crippen LogP contribution in [0.15, 0.2) is 0 Å². The van der Waals surface area contributed by atoms with Gasteiger partial charge in [0.15, 0.2) is 0 Å². The molecule has 0 amide bonds. The first-order valence-electron chi connectivity index (χ1n) is 5.92. The van der Waals surface area contributed by atoms with E-state index >= 15 is 0 Å². The third-order valence-electron chi connectivity index (χ3n) is 3.72. The maximum absolute atomic E-state index is 8.83. The van der Waals surface area contributed by atoms with E-state index in [4.69, 9.17) is 5.26 Å². The summed E-state index contributed by atoms with van der Waals surface area (Å²) in [4.78, 5) is 2.58. The summed E-state index contributed by atoms with van der Waals surface area (Å²) in [6.45, 7) is 7.97. The Bertz CT molecular complexity index is 274. The number of rotatable bonds is 1. The second kappa shape index (κ2) is 3.77. The molecule has 2 bridgehead atoms. The van der Waals surface area contributed by atoms with Gasteiger partial charge in [-0.15, -0.1) is 0 Å². The average Bonchev–Trinajstić information content (AvgIpc) is 2.17. The van der Waals surface area contributed by atoms with Crippen LogP contribution in [0.4, 0.5) is 0 Å². The van der Waals surface area contributed by atoms with Crippen LogP contribution >= 0.6 is 0 Å². The quantitative estimate of drug-likeness (QED) is 0.708. The molecule has 0 radical (unpaired) electrons. The monoisotopic (exact) mass is 207 g/mol. The number of piperazine rings is 1. The summed E-state index contributed by atoms with van der Waals surface area (Å²) in [7, 11) is 0. The third-order valence-corrected chi connectivity index (χ3v) is 3.72. The van der Waals surface area contributed by atoms with Gasteiger partial charge in [-0.1, -0.05) is 0 Å². The van der Waals surface area contributed by atoms with E-state index in [-0.39, 0.29) is 5.54 Å². The Labute approximate surface area is 92.4 Å². The lowest BCUT2D eigenvalue weighted by atomic mass is 9.82. The normalized spacial score (nSPS) is 36.5. The average molecular weight is 207 g/mol. The van der Waals surface area contributed by atoms with E-state index in [0.717, 1.165) is 6.54 Å². The first-order chi connectivity index (χ1) is 7.02. The van der Waals surface area contributed by atoms with Crippen molar-refractivity contribution in [3.05, 3.63) is 0 Å². The fourth-order valence-electron chi connectivity index (χ4n) is 3.02. The predicted molar refractivity (Wildman–Crippen MR) is 60.4 cm³/mol. The van der Waals surface area contributed by atoms with Crippen LogP contribution < -0.4 is 5.32 Å². The minimum Gasteiger partial charge on any atom is -0.307 e. The Morgan fingerprint density at radius 1 is 1.40 bits per heavy atom. The Balaban J connectivity index is 2.13. The summed E-state index contributed by atoms with van der Waals surface area (Å²) in [5, 5.41) is 12.4. The molecule has 3 atom stereocenters. The molecule has 15 heavy (non-hydrogen) atoms. The topological polar surface area (TPSA) is 39.1 Å². The van der Waals surface area contributed by atoms with E-state index in [1.165, 1.54) is 12.8 Å². The fourth-order valence-corrected chi connectivity index (χ4v) is 3.02. The van der Waals surface area contributed by atoms with Crippen molar-refractivity contribution in [2.45, 2.75) is 63.7 Å². The van der Waals surface area contributed by atoms with Crippen molar-refractivity contribution in [3.63, 3.8) is 0 Å². The van der Waals surface area contributed by atoms with Crippen LogP contribution in [0.25, 0.3) is 0 Å². The van der Waals surface area contributed by atoms with Gasteiger partial charge >= 0.3 is 0 Å². The van der Waals surface area contributed by atoms with Gasteiger partial charge in [0.2, 0.25) is 0 Å². The van der Waals surface area contributed by atoms with Gasteiger partial charge in [0.05, 0.1) is 12.5 Å². The van der Waals surface area contributed by atoms with E-state index in [2.05, 4.69) is 37.1 Å². The number of nitriles is 1. The molecule has 84 valence electrons. The van der Waals surface area contributed by atoms with Crippen molar-refractivity contribution in [1.29, 1.82) is 5.26 Å². The van der Waals surface area contributed by atoms with Crippen molar-refractivity contribution in [3.8, 4) is 6.07 Å². The van der Waals surface area contributed by atoms with Gasteiger partial charge in [-0.2, -0.15) is 5.26 Å². The highest BCUT2D eigenvalue weighted by Gasteiger charge is 2.43. The van der Waals surface area contributed by atoms with Crippen LogP contribution in [-0.4, -0.2) is 35.1 Å². The van der Waals surface area contributed by atoms with Gasteiger partial charge in [0.1, 0.15) is 0 Å². The van der Waals surface area contributed by atoms with Gasteiger partial charge in [0, 0.05) is 30.2 Å². The van der Waals surface area contributed by atoms with Gasteiger partial charge in [-0.3, -0.25) is 4.90 Å². The molecular weight excluding hydrogens is 186 g/mol. The van der Waals surface area contributed by atoms with Crippen LogP contribution in [0.3, 0.4) is 0 Å². The SMILES string of the molecule is CC(C)(C)N1C[C@@H]2CC[C@H]1[C@H](CC#N)N2. The van der Waals surface area contributed by atoms with E-state index in [1.807, 2.05) is 0 Å². The zero-order valence-electron chi connectivity index (χ0n) is 9.95. The van der Waals surface area contributed by atoms with Crippen molar-refractivity contribution < 1.29 is 0 Å². The molecule has 3 rings (SSSR count). The summed E-state index contributed by atoms with van der Waals surface area (Å²) in [5.74, 6) is 0. The standard InChI is InChI=1S/C12H21N3/c1-12(2,3)15-8-9-4-5-11(15)10(14-9)6-7-13/h9-11,14H,4-6,8H2,1-3H3/t9-,10-,11-/m0/s1. The number of nitrogens with one attached hydrogen (secondary N) is 1. The summed E-state index contributed by atoms with van der Waals surface area (Å²) in [6.07, 6.45) is 3.17. The number of hydrogen-bond donors (Lipinski definition) is 1. The second-order valence-corrected chi connectivity index (χ2v) is 5.80. The number of fused-ring (bicyclic) bond motifs is 3. The lowest BCUT2D eigenvalue weighted by Gasteiger charge is -2.55. The van der Waals surface area contributed by atoms with Gasteiger partial charge < -0.3 is 5.32 Å². The Morgan fingerprint density at radius 2 is 2.13 bits per heavy atom. The Kier molecular flexibility index (Phi) is 2.74. The number of hydrogen-bond acceptors (Lipinski definition) is 3. The van der Waals surface area contributed by atoms with Crippen molar-refractivity contribution in [2.75, 3.05) is 6.54 Å². The molecule has 0 aromatic heterocycles. The van der Waals surface area contributed by atoms with Gasteiger partial charge in [-0.05, 0) is 33.6 Å². The summed E-state index contributed by atoms with van der Waals surface area (Å²) >= 11 is 0. The van der Waals surface area contributed by atoms with Gasteiger partial charge in [0.25, 0.3) is 0 Å². The molecule has 3 heterocycles. The lowest BCUT2D eigenvalue weighted by Crippen LogP contribution is -2.69. The van der Waals surface area contributed by atoms with Crippen LogP contribution in [0.1, 0.15) is 40.0 Å². The lowest BCUT2D eigenvalue weighted by molar-refractivity contribution is -0.0228. The molecule has 0 aromatic rings. The summed E-state index contributed by atoms with van der Waals surface area (Å²) in [6, 6.07) is 3.86. The summed E-state index contributed by atoms with van der Waals surface area (Å²) < 4.78 is 0. The Morgan fingerprint density at radius 3 is 2.67 bits per heavy atom. The molecule has 3 saturated heterocycles. The molecule has 0 aliphatic carbocycles.